The Morgan fingerprint density at radius 2 is 1.73 bits per heavy atom. The molecule has 0 aromatic heterocycles. The highest BCUT2D eigenvalue weighted by atomic mass is 35.5. The largest absolute Gasteiger partial charge is 0.506 e. The molecule has 2 nitrogen and oxygen atoms in total. The number of nitrogens with one attached hydrogen (secondary N) is 1. The van der Waals surface area contributed by atoms with Crippen molar-refractivity contribution < 1.29 is 5.11 Å². The Morgan fingerprint density at radius 1 is 1.00 bits per heavy atom. The van der Waals surface area contributed by atoms with Crippen molar-refractivity contribution in [1.82, 2.24) is 0 Å². The quantitative estimate of drug-likeness (QED) is 0.754. The van der Waals surface area contributed by atoms with Gasteiger partial charge < -0.3 is 10.4 Å². The molecule has 15 heavy (non-hydrogen) atoms. The predicted molar refractivity (Wildman–Crippen MR) is 62.8 cm³/mol. The summed E-state index contributed by atoms with van der Waals surface area (Å²) in [6.45, 7) is 0. The van der Waals surface area contributed by atoms with Crippen LogP contribution >= 0.6 is 11.6 Å². The predicted octanol–water partition coefficient (Wildman–Crippen LogP) is 3.79. The third-order valence-corrected chi connectivity index (χ3v) is 2.25. The first-order valence-electron chi connectivity index (χ1n) is 4.56. The fourth-order valence-electron chi connectivity index (χ4n) is 1.29. The van der Waals surface area contributed by atoms with Crippen molar-refractivity contribution in [1.29, 1.82) is 0 Å². The van der Waals surface area contributed by atoms with Crippen molar-refractivity contribution in [2.45, 2.75) is 0 Å². The number of anilines is 2. The average molecular weight is 220 g/mol. The molecule has 0 spiro atoms. The molecule has 0 aliphatic carbocycles. The minimum Gasteiger partial charge on any atom is -0.506 e. The molecule has 0 radical (unpaired) electrons. The van der Waals surface area contributed by atoms with E-state index in [-0.39, 0.29) is 5.75 Å². The van der Waals surface area contributed by atoms with Crippen LogP contribution in [0.4, 0.5) is 11.4 Å². The number of hydrogen-bond acceptors (Lipinski definition) is 2. The van der Waals surface area contributed by atoms with Crippen molar-refractivity contribution in [3.05, 3.63) is 53.6 Å². The maximum atomic E-state index is 9.58. The van der Waals surface area contributed by atoms with Crippen molar-refractivity contribution >= 4 is 23.0 Å². The Kier molecular flexibility index (Phi) is 2.79. The molecule has 0 saturated heterocycles. The van der Waals surface area contributed by atoms with Crippen LogP contribution in [0.5, 0.6) is 5.75 Å². The molecule has 0 aliphatic heterocycles. The van der Waals surface area contributed by atoms with Gasteiger partial charge in [0.1, 0.15) is 5.75 Å². The van der Waals surface area contributed by atoms with Gasteiger partial charge in [0.05, 0.1) is 5.69 Å². The van der Waals surface area contributed by atoms with Crippen molar-refractivity contribution in [3.8, 4) is 5.75 Å². The second-order valence-electron chi connectivity index (χ2n) is 3.15. The number of rotatable bonds is 2. The molecule has 0 amide bonds. The number of halogens is 1. The summed E-state index contributed by atoms with van der Waals surface area (Å²) >= 11 is 5.83. The van der Waals surface area contributed by atoms with Gasteiger partial charge in [-0.25, -0.2) is 0 Å². The molecule has 0 atom stereocenters. The van der Waals surface area contributed by atoms with Crippen LogP contribution in [0, 0.1) is 0 Å². The molecule has 2 aromatic carbocycles. The van der Waals surface area contributed by atoms with Crippen LogP contribution in [-0.4, -0.2) is 5.11 Å². The Morgan fingerprint density at radius 3 is 2.47 bits per heavy atom. The second-order valence-corrected chi connectivity index (χ2v) is 3.59. The highest BCUT2D eigenvalue weighted by molar-refractivity contribution is 6.30. The number of phenolic OH excluding ortho intramolecular Hbond substituents is 1. The van der Waals surface area contributed by atoms with Gasteiger partial charge in [-0.05, 0) is 30.3 Å². The van der Waals surface area contributed by atoms with Crippen LogP contribution < -0.4 is 5.32 Å². The van der Waals surface area contributed by atoms with Crippen LogP contribution in [0.2, 0.25) is 5.02 Å². The zero-order valence-corrected chi connectivity index (χ0v) is 8.70. The fourth-order valence-corrected chi connectivity index (χ4v) is 1.46. The summed E-state index contributed by atoms with van der Waals surface area (Å²) in [7, 11) is 0. The summed E-state index contributed by atoms with van der Waals surface area (Å²) < 4.78 is 0. The molecule has 76 valence electrons. The van der Waals surface area contributed by atoms with Crippen LogP contribution in [-0.2, 0) is 0 Å². The Balaban J connectivity index is 2.28. The molecule has 0 fully saturated rings. The lowest BCUT2D eigenvalue weighted by atomic mass is 10.2. The first kappa shape index (κ1) is 9.87. The van der Waals surface area contributed by atoms with E-state index in [9.17, 15) is 5.11 Å². The van der Waals surface area contributed by atoms with E-state index in [1.807, 2.05) is 30.3 Å². The van der Waals surface area contributed by atoms with Gasteiger partial charge in [0.25, 0.3) is 0 Å². The van der Waals surface area contributed by atoms with E-state index in [4.69, 9.17) is 11.6 Å². The summed E-state index contributed by atoms with van der Waals surface area (Å²) in [5.41, 5.74) is 1.52. The summed E-state index contributed by atoms with van der Waals surface area (Å²) in [6, 6.07) is 14.5. The van der Waals surface area contributed by atoms with Crippen LogP contribution in [0.3, 0.4) is 0 Å². The molecule has 0 bridgehead atoms. The topological polar surface area (TPSA) is 32.3 Å². The van der Waals surface area contributed by atoms with E-state index in [1.165, 1.54) is 0 Å². The van der Waals surface area contributed by atoms with E-state index < -0.39 is 0 Å². The van der Waals surface area contributed by atoms with Gasteiger partial charge in [-0.2, -0.15) is 0 Å². The minimum absolute atomic E-state index is 0.184. The standard InChI is InChI=1S/C12H10ClNO/c13-9-6-7-12(15)11(8-9)14-10-4-2-1-3-5-10/h1-8,14-15H. The number of benzene rings is 2. The molecule has 0 unspecified atom stereocenters. The highest BCUT2D eigenvalue weighted by Crippen LogP contribution is 2.29. The van der Waals surface area contributed by atoms with E-state index in [1.54, 1.807) is 18.2 Å². The molecule has 0 saturated carbocycles. The van der Waals surface area contributed by atoms with Gasteiger partial charge in [-0.15, -0.1) is 0 Å². The third-order valence-electron chi connectivity index (χ3n) is 2.01. The van der Waals surface area contributed by atoms with Gasteiger partial charge in [0.2, 0.25) is 0 Å². The summed E-state index contributed by atoms with van der Waals surface area (Å²) in [5.74, 6) is 0.184. The van der Waals surface area contributed by atoms with Crippen molar-refractivity contribution in [3.63, 3.8) is 0 Å². The van der Waals surface area contributed by atoms with E-state index in [0.29, 0.717) is 10.7 Å². The van der Waals surface area contributed by atoms with Crippen LogP contribution in [0.1, 0.15) is 0 Å². The average Bonchev–Trinajstić information content (AvgIpc) is 2.25. The Labute approximate surface area is 93.1 Å². The van der Waals surface area contributed by atoms with Crippen molar-refractivity contribution in [2.24, 2.45) is 0 Å². The normalized spacial score (nSPS) is 9.93. The van der Waals surface area contributed by atoms with Gasteiger partial charge in [-0.3, -0.25) is 0 Å². The molecular weight excluding hydrogens is 210 g/mol. The Hall–Kier alpha value is -1.67. The second kappa shape index (κ2) is 4.24. The summed E-state index contributed by atoms with van der Waals surface area (Å²) in [5, 5.41) is 13.2. The number of aromatic hydroxyl groups is 1. The molecule has 0 heterocycles. The van der Waals surface area contributed by atoms with Crippen molar-refractivity contribution in [2.75, 3.05) is 5.32 Å². The molecule has 2 N–H and O–H groups in total. The highest BCUT2D eigenvalue weighted by Gasteiger charge is 2.01. The lowest BCUT2D eigenvalue weighted by Gasteiger charge is -2.08. The minimum atomic E-state index is 0.184. The maximum absolute atomic E-state index is 9.58. The molecule has 2 rings (SSSR count). The molecular formula is C12H10ClNO. The maximum Gasteiger partial charge on any atom is 0.139 e. The third kappa shape index (κ3) is 2.42. The SMILES string of the molecule is Oc1ccc(Cl)cc1Nc1ccccc1. The first-order valence-corrected chi connectivity index (χ1v) is 4.94. The number of para-hydroxylation sites is 1. The number of hydrogen-bond donors (Lipinski definition) is 2. The summed E-state index contributed by atoms with van der Waals surface area (Å²) in [4.78, 5) is 0. The van der Waals surface area contributed by atoms with Gasteiger partial charge in [-0.1, -0.05) is 29.8 Å². The first-order chi connectivity index (χ1) is 7.25. The lowest BCUT2D eigenvalue weighted by molar-refractivity contribution is 0.478. The van der Waals surface area contributed by atoms with Crippen LogP contribution in [0.25, 0.3) is 0 Å². The van der Waals surface area contributed by atoms with E-state index >= 15 is 0 Å². The molecule has 2 aromatic rings. The zero-order valence-electron chi connectivity index (χ0n) is 7.94. The van der Waals surface area contributed by atoms with Gasteiger partial charge >= 0.3 is 0 Å². The van der Waals surface area contributed by atoms with Gasteiger partial charge in [0.15, 0.2) is 0 Å². The molecule has 3 heteroatoms. The fraction of sp³-hybridized carbons (Fsp3) is 0. The Bertz CT molecular complexity index is 456. The number of phenols is 1. The van der Waals surface area contributed by atoms with Crippen LogP contribution in [0.15, 0.2) is 48.5 Å². The molecule has 0 aliphatic rings. The zero-order chi connectivity index (χ0) is 10.7. The van der Waals surface area contributed by atoms with E-state index in [0.717, 1.165) is 5.69 Å². The lowest BCUT2D eigenvalue weighted by Crippen LogP contribution is -1.89. The smallest absolute Gasteiger partial charge is 0.139 e. The van der Waals surface area contributed by atoms with Gasteiger partial charge in [0, 0.05) is 10.7 Å². The summed E-state index contributed by atoms with van der Waals surface area (Å²) in [6.07, 6.45) is 0. The van der Waals surface area contributed by atoms with E-state index in [2.05, 4.69) is 5.32 Å². The monoisotopic (exact) mass is 219 g/mol.